The molecule has 0 N–H and O–H groups in total. The number of rotatable bonds is 2. The summed E-state index contributed by atoms with van der Waals surface area (Å²) in [6.45, 7) is 0. The van der Waals surface area contributed by atoms with Crippen molar-refractivity contribution >= 4 is 22.6 Å². The molecule has 0 unspecified atom stereocenters. The highest BCUT2D eigenvalue weighted by Gasteiger charge is 2.06. The second kappa shape index (κ2) is 4.31. The Kier molecular flexibility index (Phi) is 2.64. The fourth-order valence-corrected chi connectivity index (χ4v) is 1.98. The Morgan fingerprint density at radius 3 is 2.61 bits per heavy atom. The maximum absolute atomic E-state index is 5.92. The normalized spacial score (nSPS) is 10.8. The summed E-state index contributed by atoms with van der Waals surface area (Å²) in [5.41, 5.74) is 2.63. The van der Waals surface area contributed by atoms with Crippen LogP contribution in [0.4, 0.5) is 0 Å². The minimum absolute atomic E-state index is 0.657. The summed E-state index contributed by atoms with van der Waals surface area (Å²) in [4.78, 5) is 0. The average molecular weight is 260 g/mol. The first-order valence-corrected chi connectivity index (χ1v) is 5.81. The third-order valence-electron chi connectivity index (χ3n) is 2.72. The molecule has 90 valence electrons. The molecule has 0 aliphatic rings. The summed E-state index contributed by atoms with van der Waals surface area (Å²) in [6, 6.07) is 13.2. The molecule has 0 saturated carbocycles. The van der Waals surface area contributed by atoms with Crippen LogP contribution in [0.1, 0.15) is 0 Å². The van der Waals surface area contributed by atoms with Crippen molar-refractivity contribution in [2.24, 2.45) is 0 Å². The number of hydrogen-bond donors (Lipinski definition) is 0. The fourth-order valence-electron chi connectivity index (χ4n) is 1.81. The minimum Gasteiger partial charge on any atom is -0.497 e. The lowest BCUT2D eigenvalue weighted by Crippen LogP contribution is -1.96. The first-order chi connectivity index (χ1) is 8.78. The number of aromatic nitrogens is 3. The average Bonchev–Trinajstić information content (AvgIpc) is 2.81. The van der Waals surface area contributed by atoms with Gasteiger partial charge in [-0.25, -0.2) is 4.68 Å². The van der Waals surface area contributed by atoms with Gasteiger partial charge in [0.25, 0.3) is 0 Å². The van der Waals surface area contributed by atoms with Crippen LogP contribution >= 0.6 is 11.6 Å². The van der Waals surface area contributed by atoms with E-state index in [0.29, 0.717) is 5.02 Å². The van der Waals surface area contributed by atoms with Gasteiger partial charge in [0.2, 0.25) is 0 Å². The van der Waals surface area contributed by atoms with Crippen molar-refractivity contribution in [2.75, 3.05) is 7.11 Å². The highest BCUT2D eigenvalue weighted by atomic mass is 35.5. The number of fused-ring (bicyclic) bond motifs is 1. The second-order valence-corrected chi connectivity index (χ2v) is 4.27. The summed E-state index contributed by atoms with van der Waals surface area (Å²) in [7, 11) is 1.64. The molecule has 0 bridgehead atoms. The Balaban J connectivity index is 2.13. The number of benzene rings is 2. The van der Waals surface area contributed by atoms with Crippen molar-refractivity contribution in [3.8, 4) is 11.4 Å². The molecule has 5 heteroatoms. The molecule has 0 spiro atoms. The van der Waals surface area contributed by atoms with E-state index < -0.39 is 0 Å². The molecule has 18 heavy (non-hydrogen) atoms. The van der Waals surface area contributed by atoms with Crippen LogP contribution in [0.2, 0.25) is 5.02 Å². The summed E-state index contributed by atoms with van der Waals surface area (Å²) in [6.07, 6.45) is 0. The Labute approximate surface area is 109 Å². The molecule has 0 aliphatic heterocycles. The number of ether oxygens (including phenoxy) is 1. The molecule has 0 amide bonds. The van der Waals surface area contributed by atoms with E-state index in [4.69, 9.17) is 16.3 Å². The Bertz CT molecular complexity index is 691. The Hall–Kier alpha value is -2.07. The van der Waals surface area contributed by atoms with Gasteiger partial charge >= 0.3 is 0 Å². The van der Waals surface area contributed by atoms with Crippen molar-refractivity contribution in [3.63, 3.8) is 0 Å². The van der Waals surface area contributed by atoms with E-state index in [-0.39, 0.29) is 0 Å². The zero-order valence-corrected chi connectivity index (χ0v) is 10.4. The molecule has 3 aromatic rings. The van der Waals surface area contributed by atoms with Gasteiger partial charge in [-0.15, -0.1) is 5.10 Å². The molecule has 0 fully saturated rings. The second-order valence-electron chi connectivity index (χ2n) is 3.83. The standard InChI is InChI=1S/C13H10ClN3O/c1-18-11-5-3-10(4-6-11)17-13-7-2-9(14)8-12(13)15-16-17/h2-8H,1H3. The van der Waals surface area contributed by atoms with Crippen LogP contribution in [0, 0.1) is 0 Å². The monoisotopic (exact) mass is 259 g/mol. The van der Waals surface area contributed by atoms with E-state index in [1.54, 1.807) is 17.9 Å². The van der Waals surface area contributed by atoms with Gasteiger partial charge in [-0.3, -0.25) is 0 Å². The van der Waals surface area contributed by atoms with Crippen LogP contribution < -0.4 is 4.74 Å². The number of methoxy groups -OCH3 is 1. The molecule has 1 aromatic heterocycles. The van der Waals surface area contributed by atoms with E-state index in [1.807, 2.05) is 36.4 Å². The molecule has 0 atom stereocenters. The van der Waals surface area contributed by atoms with Gasteiger partial charge in [0.1, 0.15) is 11.3 Å². The third-order valence-corrected chi connectivity index (χ3v) is 2.96. The number of halogens is 1. The predicted octanol–water partition coefficient (Wildman–Crippen LogP) is 3.08. The lowest BCUT2D eigenvalue weighted by molar-refractivity contribution is 0.414. The van der Waals surface area contributed by atoms with Crippen molar-refractivity contribution in [2.45, 2.75) is 0 Å². The zero-order valence-electron chi connectivity index (χ0n) is 9.67. The van der Waals surface area contributed by atoms with Crippen LogP contribution in [-0.2, 0) is 0 Å². The summed E-state index contributed by atoms with van der Waals surface area (Å²) in [5, 5.41) is 8.88. The van der Waals surface area contributed by atoms with E-state index in [2.05, 4.69) is 10.3 Å². The summed E-state index contributed by atoms with van der Waals surface area (Å²) < 4.78 is 6.90. The van der Waals surface area contributed by atoms with Gasteiger partial charge in [0.05, 0.1) is 18.3 Å². The van der Waals surface area contributed by atoms with Crippen LogP contribution in [0.15, 0.2) is 42.5 Å². The minimum atomic E-state index is 0.657. The topological polar surface area (TPSA) is 39.9 Å². The zero-order chi connectivity index (χ0) is 12.5. The highest BCUT2D eigenvalue weighted by Crippen LogP contribution is 2.21. The fraction of sp³-hybridized carbons (Fsp3) is 0.0769. The van der Waals surface area contributed by atoms with Gasteiger partial charge in [0.15, 0.2) is 0 Å². The smallest absolute Gasteiger partial charge is 0.119 e. The summed E-state index contributed by atoms with van der Waals surface area (Å²) in [5.74, 6) is 0.811. The van der Waals surface area contributed by atoms with Gasteiger partial charge in [-0.1, -0.05) is 16.8 Å². The molecular weight excluding hydrogens is 250 g/mol. The summed E-state index contributed by atoms with van der Waals surface area (Å²) >= 11 is 5.92. The van der Waals surface area contributed by atoms with Crippen LogP contribution in [0.3, 0.4) is 0 Å². The first-order valence-electron chi connectivity index (χ1n) is 5.43. The lowest BCUT2D eigenvalue weighted by Gasteiger charge is -2.03. The maximum atomic E-state index is 5.92. The van der Waals surface area contributed by atoms with Crippen molar-refractivity contribution in [1.82, 2.24) is 15.0 Å². The van der Waals surface area contributed by atoms with Gasteiger partial charge in [0, 0.05) is 5.02 Å². The van der Waals surface area contributed by atoms with Crippen LogP contribution in [0.25, 0.3) is 16.7 Å². The molecule has 0 aliphatic carbocycles. The van der Waals surface area contributed by atoms with E-state index in [1.165, 1.54) is 0 Å². The number of hydrogen-bond acceptors (Lipinski definition) is 3. The van der Waals surface area contributed by atoms with E-state index in [0.717, 1.165) is 22.5 Å². The molecule has 2 aromatic carbocycles. The molecule has 4 nitrogen and oxygen atoms in total. The largest absolute Gasteiger partial charge is 0.497 e. The van der Waals surface area contributed by atoms with Crippen LogP contribution in [0.5, 0.6) is 5.75 Å². The van der Waals surface area contributed by atoms with Crippen molar-refractivity contribution < 1.29 is 4.74 Å². The van der Waals surface area contributed by atoms with Crippen LogP contribution in [-0.4, -0.2) is 22.1 Å². The van der Waals surface area contributed by atoms with Crippen molar-refractivity contribution in [3.05, 3.63) is 47.5 Å². The van der Waals surface area contributed by atoms with Gasteiger partial charge in [-0.05, 0) is 42.5 Å². The Morgan fingerprint density at radius 2 is 1.89 bits per heavy atom. The number of nitrogens with zero attached hydrogens (tertiary/aromatic N) is 3. The van der Waals surface area contributed by atoms with Gasteiger partial charge in [-0.2, -0.15) is 0 Å². The first kappa shape index (κ1) is 11.0. The molecule has 0 radical (unpaired) electrons. The lowest BCUT2D eigenvalue weighted by atomic mass is 10.2. The van der Waals surface area contributed by atoms with Crippen molar-refractivity contribution in [1.29, 1.82) is 0 Å². The molecule has 1 heterocycles. The Morgan fingerprint density at radius 1 is 1.11 bits per heavy atom. The predicted molar refractivity (Wildman–Crippen MR) is 70.4 cm³/mol. The molecular formula is C13H10ClN3O. The molecule has 3 rings (SSSR count). The maximum Gasteiger partial charge on any atom is 0.119 e. The third kappa shape index (κ3) is 1.80. The quantitative estimate of drug-likeness (QED) is 0.710. The van der Waals surface area contributed by atoms with E-state index >= 15 is 0 Å². The van der Waals surface area contributed by atoms with E-state index in [9.17, 15) is 0 Å². The highest BCUT2D eigenvalue weighted by molar-refractivity contribution is 6.31. The molecule has 0 saturated heterocycles. The van der Waals surface area contributed by atoms with Gasteiger partial charge < -0.3 is 4.74 Å². The SMILES string of the molecule is COc1ccc(-n2nnc3cc(Cl)ccc32)cc1.